The predicted octanol–water partition coefficient (Wildman–Crippen LogP) is 3.43. The minimum Gasteiger partial charge on any atom is -0.353 e. The zero-order valence-electron chi connectivity index (χ0n) is 13.3. The number of nitrogens with zero attached hydrogens (tertiary/aromatic N) is 1. The number of hydrogen-bond donors (Lipinski definition) is 2. The number of hydrogen-bond acceptors (Lipinski definition) is 3. The zero-order chi connectivity index (χ0) is 17.6. The molecule has 2 N–H and O–H groups in total. The smallest absolute Gasteiger partial charge is 0.238 e. The molecule has 0 saturated heterocycles. The van der Waals surface area contributed by atoms with Crippen LogP contribution in [0, 0.1) is 0 Å². The van der Waals surface area contributed by atoms with Gasteiger partial charge in [-0.25, -0.2) is 0 Å². The number of carbonyl (C=O) groups excluding carboxylic acids is 2. The van der Waals surface area contributed by atoms with Crippen molar-refractivity contribution in [1.29, 1.82) is 0 Å². The van der Waals surface area contributed by atoms with E-state index in [9.17, 15) is 9.59 Å². The van der Waals surface area contributed by atoms with Gasteiger partial charge in [0.1, 0.15) is 0 Å². The van der Waals surface area contributed by atoms with Gasteiger partial charge in [-0.3, -0.25) is 14.5 Å². The summed E-state index contributed by atoms with van der Waals surface area (Å²) in [5.74, 6) is -0.437. The van der Waals surface area contributed by atoms with Gasteiger partial charge in [-0.2, -0.15) is 0 Å². The molecule has 0 spiro atoms. The minimum atomic E-state index is -0.310. The largest absolute Gasteiger partial charge is 0.353 e. The highest BCUT2D eigenvalue weighted by Crippen LogP contribution is 2.33. The summed E-state index contributed by atoms with van der Waals surface area (Å²) in [5.41, 5.74) is 0.311. The van der Waals surface area contributed by atoms with E-state index in [2.05, 4.69) is 10.6 Å². The Morgan fingerprint density at radius 2 is 1.61 bits per heavy atom. The van der Waals surface area contributed by atoms with Crippen LogP contribution in [-0.2, 0) is 9.59 Å². The predicted molar refractivity (Wildman–Crippen MR) is 95.5 cm³/mol. The van der Waals surface area contributed by atoms with Crippen molar-refractivity contribution in [3.63, 3.8) is 0 Å². The van der Waals surface area contributed by atoms with Crippen molar-refractivity contribution in [2.75, 3.05) is 25.0 Å². The Hall–Kier alpha value is -1.01. The zero-order valence-corrected chi connectivity index (χ0v) is 15.5. The average Bonchev–Trinajstić information content (AvgIpc) is 2.41. The van der Waals surface area contributed by atoms with E-state index in [0.717, 1.165) is 0 Å². The molecule has 0 radical (unpaired) electrons. The third-order valence-corrected chi connectivity index (χ3v) is 3.72. The molecule has 0 aliphatic rings. The highest BCUT2D eigenvalue weighted by atomic mass is 35.5. The van der Waals surface area contributed by atoms with Crippen molar-refractivity contribution in [2.45, 2.75) is 26.8 Å². The number of rotatable bonds is 7. The highest BCUT2D eigenvalue weighted by molar-refractivity contribution is 6.42. The summed E-state index contributed by atoms with van der Waals surface area (Å²) < 4.78 is 0. The van der Waals surface area contributed by atoms with Gasteiger partial charge in [-0.05, 0) is 32.5 Å². The molecule has 1 aromatic rings. The van der Waals surface area contributed by atoms with Gasteiger partial charge in [0, 0.05) is 11.1 Å². The second-order valence-electron chi connectivity index (χ2n) is 5.32. The summed E-state index contributed by atoms with van der Waals surface area (Å²) in [4.78, 5) is 25.6. The summed E-state index contributed by atoms with van der Waals surface area (Å²) in [6, 6.07) is 3.05. The molecule has 1 rings (SSSR count). The molecule has 0 aliphatic heterocycles. The van der Waals surface area contributed by atoms with Gasteiger partial charge in [0.2, 0.25) is 11.8 Å². The monoisotopic (exact) mass is 379 g/mol. The summed E-state index contributed by atoms with van der Waals surface area (Å²) in [7, 11) is 0. The fourth-order valence-electron chi connectivity index (χ4n) is 1.89. The highest BCUT2D eigenvalue weighted by Gasteiger charge is 2.16. The van der Waals surface area contributed by atoms with Crippen molar-refractivity contribution in [1.82, 2.24) is 10.2 Å². The number of amides is 2. The second-order valence-corrected chi connectivity index (χ2v) is 6.57. The van der Waals surface area contributed by atoms with Crippen LogP contribution in [0.25, 0.3) is 0 Å². The fourth-order valence-corrected chi connectivity index (χ4v) is 2.81. The number of benzene rings is 1. The van der Waals surface area contributed by atoms with E-state index < -0.39 is 0 Å². The van der Waals surface area contributed by atoms with Gasteiger partial charge >= 0.3 is 0 Å². The molecule has 128 valence electrons. The van der Waals surface area contributed by atoms with E-state index in [1.165, 1.54) is 12.1 Å². The standard InChI is InChI=1S/C15H20Cl3N3O2/c1-4-21(7-13(22)19-9(2)3)8-14(23)20-15-11(17)5-10(16)6-12(15)18/h5-6,9H,4,7-8H2,1-3H3,(H,19,22)(H,20,23). The molecule has 0 unspecified atom stereocenters. The van der Waals surface area contributed by atoms with Gasteiger partial charge in [0.25, 0.3) is 0 Å². The van der Waals surface area contributed by atoms with E-state index in [1.54, 1.807) is 4.90 Å². The molecular formula is C15H20Cl3N3O2. The molecule has 0 fully saturated rings. The van der Waals surface area contributed by atoms with E-state index in [-0.39, 0.29) is 41.0 Å². The lowest BCUT2D eigenvalue weighted by atomic mass is 10.3. The van der Waals surface area contributed by atoms with Crippen LogP contribution >= 0.6 is 34.8 Å². The Labute approximate surface area is 151 Å². The van der Waals surface area contributed by atoms with Crippen LogP contribution in [0.1, 0.15) is 20.8 Å². The maximum absolute atomic E-state index is 12.1. The molecule has 23 heavy (non-hydrogen) atoms. The van der Waals surface area contributed by atoms with Crippen molar-refractivity contribution in [3.05, 3.63) is 27.2 Å². The molecule has 0 heterocycles. The first kappa shape index (κ1) is 20.0. The Kier molecular flexibility index (Phi) is 8.12. The fraction of sp³-hybridized carbons (Fsp3) is 0.467. The third kappa shape index (κ3) is 6.96. The SMILES string of the molecule is CCN(CC(=O)Nc1c(Cl)cc(Cl)cc1Cl)CC(=O)NC(C)C. The van der Waals surface area contributed by atoms with Gasteiger partial charge in [0.05, 0.1) is 28.8 Å². The lowest BCUT2D eigenvalue weighted by molar-refractivity contribution is -0.123. The Bertz CT molecular complexity index is 556. The van der Waals surface area contributed by atoms with Crippen molar-refractivity contribution >= 4 is 52.3 Å². The van der Waals surface area contributed by atoms with Crippen LogP contribution in [0.5, 0.6) is 0 Å². The number of likely N-dealkylation sites (N-methyl/N-ethyl adjacent to an activating group) is 1. The summed E-state index contributed by atoms with van der Waals surface area (Å²) in [6.07, 6.45) is 0. The molecule has 2 amide bonds. The molecule has 0 saturated carbocycles. The van der Waals surface area contributed by atoms with Gasteiger partial charge in [-0.15, -0.1) is 0 Å². The first-order valence-corrected chi connectivity index (χ1v) is 8.32. The molecule has 1 aromatic carbocycles. The number of carbonyl (C=O) groups is 2. The van der Waals surface area contributed by atoms with Gasteiger partial charge < -0.3 is 10.6 Å². The van der Waals surface area contributed by atoms with E-state index in [1.807, 2.05) is 20.8 Å². The molecule has 0 aliphatic carbocycles. The Morgan fingerprint density at radius 1 is 1.09 bits per heavy atom. The molecule has 0 bridgehead atoms. The van der Waals surface area contributed by atoms with Crippen LogP contribution < -0.4 is 10.6 Å². The van der Waals surface area contributed by atoms with Crippen LogP contribution in [0.4, 0.5) is 5.69 Å². The lowest BCUT2D eigenvalue weighted by Gasteiger charge is -2.20. The van der Waals surface area contributed by atoms with Crippen molar-refractivity contribution < 1.29 is 9.59 Å². The maximum atomic E-state index is 12.1. The normalized spacial score (nSPS) is 11.0. The third-order valence-electron chi connectivity index (χ3n) is 2.90. The molecule has 0 atom stereocenters. The number of halogens is 3. The van der Waals surface area contributed by atoms with Crippen LogP contribution in [0.2, 0.25) is 15.1 Å². The topological polar surface area (TPSA) is 61.4 Å². The molecule has 8 heteroatoms. The maximum Gasteiger partial charge on any atom is 0.238 e. The lowest BCUT2D eigenvalue weighted by Crippen LogP contribution is -2.42. The van der Waals surface area contributed by atoms with E-state index >= 15 is 0 Å². The summed E-state index contributed by atoms with van der Waals surface area (Å²) in [6.45, 7) is 6.39. The van der Waals surface area contributed by atoms with Crippen molar-refractivity contribution in [2.24, 2.45) is 0 Å². The summed E-state index contributed by atoms with van der Waals surface area (Å²) >= 11 is 17.9. The molecule has 5 nitrogen and oxygen atoms in total. The average molecular weight is 381 g/mol. The number of anilines is 1. The van der Waals surface area contributed by atoms with E-state index in [4.69, 9.17) is 34.8 Å². The minimum absolute atomic E-state index is 0.0529. The molecule has 0 aromatic heterocycles. The van der Waals surface area contributed by atoms with E-state index in [0.29, 0.717) is 17.3 Å². The van der Waals surface area contributed by atoms with Crippen molar-refractivity contribution in [3.8, 4) is 0 Å². The summed E-state index contributed by atoms with van der Waals surface area (Å²) in [5, 5.41) is 6.34. The quantitative estimate of drug-likeness (QED) is 0.762. The first-order chi connectivity index (χ1) is 10.7. The second kappa shape index (κ2) is 9.33. The Balaban J connectivity index is 2.66. The molecular weight excluding hydrogens is 361 g/mol. The first-order valence-electron chi connectivity index (χ1n) is 7.19. The van der Waals surface area contributed by atoms with Gasteiger partial charge in [-0.1, -0.05) is 41.7 Å². The number of nitrogens with one attached hydrogen (secondary N) is 2. The van der Waals surface area contributed by atoms with Crippen LogP contribution in [0.15, 0.2) is 12.1 Å². The van der Waals surface area contributed by atoms with Crippen LogP contribution in [-0.4, -0.2) is 42.4 Å². The van der Waals surface area contributed by atoms with Gasteiger partial charge in [0.15, 0.2) is 0 Å². The Morgan fingerprint density at radius 3 is 2.09 bits per heavy atom. The van der Waals surface area contributed by atoms with Crippen LogP contribution in [0.3, 0.4) is 0 Å².